The number of hydrogen-bond donors (Lipinski definition) is 2. The van der Waals surface area contributed by atoms with Gasteiger partial charge in [-0.05, 0) is 25.2 Å². The number of rotatable bonds is 6. The maximum absolute atomic E-state index is 12.8. The molecular weight excluding hydrogens is 302 g/mol. The summed E-state index contributed by atoms with van der Waals surface area (Å²) in [4.78, 5) is 21.1. The van der Waals surface area contributed by atoms with Crippen LogP contribution in [0.4, 0.5) is 0 Å². The van der Waals surface area contributed by atoms with Gasteiger partial charge in [-0.15, -0.1) is 0 Å². The van der Waals surface area contributed by atoms with Crippen LogP contribution in [0, 0.1) is 5.92 Å². The first-order valence-corrected chi connectivity index (χ1v) is 8.56. The van der Waals surface area contributed by atoms with Crippen molar-refractivity contribution in [3.8, 4) is 11.3 Å². The van der Waals surface area contributed by atoms with E-state index in [4.69, 9.17) is 0 Å². The zero-order chi connectivity index (χ0) is 16.8. The Kier molecular flexibility index (Phi) is 5.54. The standard InChI is InChI=1S/C19H23N3O2/c23-11-10-17(14-6-4-5-7-14)22-19(24)16-12-20-13-21-18(16)15-8-2-1-3-9-15/h1-3,8-9,12-14,17,23H,4-7,10-11H2,(H,22,24)/t17-/m0/s1. The van der Waals surface area contributed by atoms with E-state index in [1.807, 2.05) is 30.3 Å². The molecule has 3 rings (SSSR count). The molecule has 0 radical (unpaired) electrons. The Morgan fingerprint density at radius 1 is 1.25 bits per heavy atom. The molecule has 2 N–H and O–H groups in total. The first-order chi connectivity index (χ1) is 11.8. The number of hydrogen-bond acceptors (Lipinski definition) is 4. The molecule has 1 fully saturated rings. The van der Waals surface area contributed by atoms with Crippen LogP contribution in [0.1, 0.15) is 42.5 Å². The number of nitrogens with one attached hydrogen (secondary N) is 1. The van der Waals surface area contributed by atoms with Crippen LogP contribution in [0.2, 0.25) is 0 Å². The molecule has 5 heteroatoms. The number of nitrogens with zero attached hydrogens (tertiary/aromatic N) is 2. The van der Waals surface area contributed by atoms with Gasteiger partial charge in [-0.2, -0.15) is 0 Å². The first-order valence-electron chi connectivity index (χ1n) is 8.56. The molecule has 1 amide bonds. The number of carbonyl (C=O) groups is 1. The number of amides is 1. The fourth-order valence-electron chi connectivity index (χ4n) is 3.49. The van der Waals surface area contributed by atoms with Crippen molar-refractivity contribution in [3.63, 3.8) is 0 Å². The molecule has 0 bridgehead atoms. The third-order valence-electron chi connectivity index (χ3n) is 4.73. The second kappa shape index (κ2) is 8.02. The molecule has 126 valence electrons. The molecule has 1 aromatic heterocycles. The van der Waals surface area contributed by atoms with Gasteiger partial charge < -0.3 is 10.4 Å². The predicted molar refractivity (Wildman–Crippen MR) is 92.4 cm³/mol. The molecule has 1 heterocycles. The summed E-state index contributed by atoms with van der Waals surface area (Å²) in [6.45, 7) is 0.0816. The van der Waals surface area contributed by atoms with Crippen LogP contribution in [0.5, 0.6) is 0 Å². The Balaban J connectivity index is 1.82. The molecule has 0 unspecified atom stereocenters. The minimum Gasteiger partial charge on any atom is -0.396 e. The second-order valence-electron chi connectivity index (χ2n) is 6.29. The summed E-state index contributed by atoms with van der Waals surface area (Å²) < 4.78 is 0. The minimum absolute atomic E-state index is 0.00818. The molecule has 0 saturated heterocycles. The van der Waals surface area contributed by atoms with Crippen LogP contribution in [0.3, 0.4) is 0 Å². The van der Waals surface area contributed by atoms with E-state index in [0.717, 1.165) is 18.4 Å². The van der Waals surface area contributed by atoms with Crippen molar-refractivity contribution >= 4 is 5.91 Å². The lowest BCUT2D eigenvalue weighted by molar-refractivity contribution is 0.0911. The van der Waals surface area contributed by atoms with Crippen LogP contribution in [0.15, 0.2) is 42.9 Å². The van der Waals surface area contributed by atoms with Gasteiger partial charge in [-0.3, -0.25) is 4.79 Å². The summed E-state index contributed by atoms with van der Waals surface area (Å²) >= 11 is 0. The van der Waals surface area contributed by atoms with Crippen LogP contribution in [-0.4, -0.2) is 33.6 Å². The average molecular weight is 325 g/mol. The largest absolute Gasteiger partial charge is 0.396 e. The predicted octanol–water partition coefficient (Wildman–Crippen LogP) is 2.81. The smallest absolute Gasteiger partial charge is 0.255 e. The van der Waals surface area contributed by atoms with E-state index in [1.54, 1.807) is 6.20 Å². The maximum Gasteiger partial charge on any atom is 0.255 e. The fraction of sp³-hybridized carbons (Fsp3) is 0.421. The molecule has 1 atom stereocenters. The fourth-order valence-corrected chi connectivity index (χ4v) is 3.49. The van der Waals surface area contributed by atoms with Crippen LogP contribution < -0.4 is 5.32 Å². The monoisotopic (exact) mass is 325 g/mol. The number of aliphatic hydroxyl groups excluding tert-OH is 1. The molecule has 2 aromatic rings. The van der Waals surface area contributed by atoms with Gasteiger partial charge in [0.25, 0.3) is 5.91 Å². The maximum atomic E-state index is 12.8. The highest BCUT2D eigenvalue weighted by Gasteiger charge is 2.27. The number of benzene rings is 1. The van der Waals surface area contributed by atoms with E-state index in [0.29, 0.717) is 23.6 Å². The third kappa shape index (κ3) is 3.79. The van der Waals surface area contributed by atoms with E-state index < -0.39 is 0 Å². The number of aliphatic hydroxyl groups is 1. The van der Waals surface area contributed by atoms with Gasteiger partial charge in [0.15, 0.2) is 0 Å². The Bertz CT molecular complexity index is 669. The van der Waals surface area contributed by atoms with E-state index in [2.05, 4.69) is 15.3 Å². The summed E-state index contributed by atoms with van der Waals surface area (Å²) in [7, 11) is 0. The van der Waals surface area contributed by atoms with Gasteiger partial charge in [-0.25, -0.2) is 9.97 Å². The van der Waals surface area contributed by atoms with Gasteiger partial charge in [-0.1, -0.05) is 43.2 Å². The van der Waals surface area contributed by atoms with E-state index >= 15 is 0 Å². The Morgan fingerprint density at radius 2 is 2.00 bits per heavy atom. The summed E-state index contributed by atoms with van der Waals surface area (Å²) in [6, 6.07) is 9.65. The molecular formula is C19H23N3O2. The number of aromatic nitrogens is 2. The molecule has 24 heavy (non-hydrogen) atoms. The third-order valence-corrected chi connectivity index (χ3v) is 4.73. The van der Waals surface area contributed by atoms with Gasteiger partial charge in [0.1, 0.15) is 6.33 Å². The normalized spacial score (nSPS) is 16.0. The Labute approximate surface area is 142 Å². The van der Waals surface area contributed by atoms with Crippen LogP contribution in [0.25, 0.3) is 11.3 Å². The summed E-state index contributed by atoms with van der Waals surface area (Å²) in [6.07, 6.45) is 8.24. The molecule has 0 spiro atoms. The zero-order valence-electron chi connectivity index (χ0n) is 13.7. The summed E-state index contributed by atoms with van der Waals surface area (Å²) in [5, 5.41) is 12.4. The van der Waals surface area contributed by atoms with Crippen LogP contribution >= 0.6 is 0 Å². The van der Waals surface area contributed by atoms with Crippen molar-refractivity contribution in [2.45, 2.75) is 38.1 Å². The highest BCUT2D eigenvalue weighted by molar-refractivity contribution is 5.99. The topological polar surface area (TPSA) is 75.1 Å². The van der Waals surface area contributed by atoms with Crippen molar-refractivity contribution in [2.24, 2.45) is 5.92 Å². The van der Waals surface area contributed by atoms with Gasteiger partial charge in [0.05, 0.1) is 11.3 Å². The summed E-state index contributed by atoms with van der Waals surface area (Å²) in [5.41, 5.74) is 2.01. The van der Waals surface area contributed by atoms with Crippen molar-refractivity contribution in [3.05, 3.63) is 48.4 Å². The van der Waals surface area contributed by atoms with Crippen molar-refractivity contribution in [2.75, 3.05) is 6.61 Å². The van der Waals surface area contributed by atoms with Crippen molar-refractivity contribution in [1.29, 1.82) is 0 Å². The van der Waals surface area contributed by atoms with Gasteiger partial charge >= 0.3 is 0 Å². The van der Waals surface area contributed by atoms with Gasteiger partial charge in [0.2, 0.25) is 0 Å². The summed E-state index contributed by atoms with van der Waals surface area (Å²) in [5.74, 6) is 0.283. The number of carbonyl (C=O) groups excluding carboxylic acids is 1. The molecule has 1 aliphatic carbocycles. The molecule has 5 nitrogen and oxygen atoms in total. The second-order valence-corrected chi connectivity index (χ2v) is 6.29. The van der Waals surface area contributed by atoms with E-state index in [-0.39, 0.29) is 18.6 Å². The lowest BCUT2D eigenvalue weighted by Crippen LogP contribution is -2.40. The molecule has 1 aliphatic rings. The zero-order valence-corrected chi connectivity index (χ0v) is 13.7. The molecule has 1 saturated carbocycles. The van der Waals surface area contributed by atoms with E-state index in [1.165, 1.54) is 19.2 Å². The molecule has 0 aliphatic heterocycles. The molecule has 1 aromatic carbocycles. The lowest BCUT2D eigenvalue weighted by Gasteiger charge is -2.24. The highest BCUT2D eigenvalue weighted by Crippen LogP contribution is 2.29. The van der Waals surface area contributed by atoms with Crippen LogP contribution in [-0.2, 0) is 0 Å². The van der Waals surface area contributed by atoms with Crippen molar-refractivity contribution < 1.29 is 9.90 Å². The lowest BCUT2D eigenvalue weighted by atomic mass is 9.95. The van der Waals surface area contributed by atoms with Gasteiger partial charge in [0, 0.05) is 24.4 Å². The average Bonchev–Trinajstić information content (AvgIpc) is 3.16. The van der Waals surface area contributed by atoms with Crippen molar-refractivity contribution in [1.82, 2.24) is 15.3 Å². The Hall–Kier alpha value is -2.27. The Morgan fingerprint density at radius 3 is 2.71 bits per heavy atom. The minimum atomic E-state index is -0.167. The van der Waals surface area contributed by atoms with E-state index in [9.17, 15) is 9.90 Å². The SMILES string of the molecule is O=C(N[C@@H](CCO)C1CCCC1)c1cncnc1-c1ccccc1. The highest BCUT2D eigenvalue weighted by atomic mass is 16.3. The quantitative estimate of drug-likeness (QED) is 0.856. The first kappa shape index (κ1) is 16.6.